The van der Waals surface area contributed by atoms with Gasteiger partial charge in [-0.25, -0.2) is 18.4 Å². The maximum atomic E-state index is 12.4. The fraction of sp³-hybridized carbons (Fsp3) is 0.174. The molecule has 0 aliphatic carbocycles. The quantitative estimate of drug-likeness (QED) is 0.304. The first kappa shape index (κ1) is 23.1. The van der Waals surface area contributed by atoms with Gasteiger partial charge in [-0.15, -0.1) is 10.2 Å². The van der Waals surface area contributed by atoms with Crippen molar-refractivity contribution in [2.45, 2.75) is 24.0 Å². The van der Waals surface area contributed by atoms with Crippen LogP contribution in [0.3, 0.4) is 0 Å². The van der Waals surface area contributed by atoms with E-state index in [9.17, 15) is 8.42 Å². The van der Waals surface area contributed by atoms with E-state index in [2.05, 4.69) is 25.2 Å². The predicted molar refractivity (Wildman–Crippen MR) is 138 cm³/mol. The molecule has 4 rings (SSSR count). The molecule has 0 aliphatic rings. The van der Waals surface area contributed by atoms with Crippen LogP contribution in [-0.2, 0) is 9.84 Å². The lowest BCUT2D eigenvalue weighted by atomic mass is 10.1. The molecular formula is C23H31N7O3S. The maximum Gasteiger partial charge on any atom is 0.270 e. The van der Waals surface area contributed by atoms with Crippen LogP contribution in [0.1, 0.15) is 25.1 Å². The molecule has 0 spiro atoms. The van der Waals surface area contributed by atoms with Gasteiger partial charge in [-0.1, -0.05) is 24.3 Å². The standard InChI is InChI=1S/C23H23N7O3S.4H2/c1-13(2)34(31,32)17-10-8-14(9-11-17)18-12-27-21(25)19(28-18)23-30-29-22(33-23)16-6-4-15(5-7-16)20(24)26-3;;;;/h4-13H,1-3H3,(H2,24,26)(H2,25,27);4*1H. The lowest BCUT2D eigenvalue weighted by molar-refractivity contribution is 0.582. The van der Waals surface area contributed by atoms with Gasteiger partial charge in [-0.3, -0.25) is 4.99 Å². The van der Waals surface area contributed by atoms with Gasteiger partial charge in [0.05, 0.1) is 22.0 Å². The Hall–Kier alpha value is -4.12. The van der Waals surface area contributed by atoms with E-state index in [4.69, 9.17) is 15.9 Å². The van der Waals surface area contributed by atoms with Gasteiger partial charge in [-0.2, -0.15) is 0 Å². The van der Waals surface area contributed by atoms with Crippen LogP contribution in [0, 0.1) is 0 Å². The molecule has 4 aromatic rings. The predicted octanol–water partition coefficient (Wildman–Crippen LogP) is 3.94. The van der Waals surface area contributed by atoms with E-state index < -0.39 is 15.1 Å². The number of aliphatic imine (C=N–C) groups is 1. The molecule has 4 N–H and O–H groups in total. The Bertz CT molecular complexity index is 1480. The van der Waals surface area contributed by atoms with Crippen LogP contribution in [-0.4, -0.2) is 46.7 Å². The summed E-state index contributed by atoms with van der Waals surface area (Å²) in [7, 11) is -1.75. The normalized spacial score (nSPS) is 12.3. The third kappa shape index (κ3) is 4.37. The highest BCUT2D eigenvalue weighted by Crippen LogP contribution is 2.28. The zero-order valence-electron chi connectivity index (χ0n) is 18.8. The molecular weight excluding hydrogens is 454 g/mol. The third-order valence-corrected chi connectivity index (χ3v) is 7.37. The van der Waals surface area contributed by atoms with E-state index in [1.54, 1.807) is 69.4 Å². The number of hydrogen-bond donors (Lipinski definition) is 2. The van der Waals surface area contributed by atoms with Crippen molar-refractivity contribution in [3.8, 4) is 34.3 Å². The Labute approximate surface area is 202 Å². The molecule has 11 heteroatoms. The highest BCUT2D eigenvalue weighted by Gasteiger charge is 2.20. The van der Waals surface area contributed by atoms with Crippen LogP contribution in [0.25, 0.3) is 34.3 Å². The number of nitrogen functional groups attached to an aromatic ring is 1. The molecule has 0 unspecified atom stereocenters. The van der Waals surface area contributed by atoms with Crippen molar-refractivity contribution in [2.75, 3.05) is 12.8 Å². The van der Waals surface area contributed by atoms with Gasteiger partial charge in [0, 0.05) is 29.4 Å². The summed E-state index contributed by atoms with van der Waals surface area (Å²) in [6.45, 7) is 3.28. The van der Waals surface area contributed by atoms with Crippen molar-refractivity contribution in [2.24, 2.45) is 10.7 Å². The van der Waals surface area contributed by atoms with Crippen LogP contribution in [0.4, 0.5) is 5.82 Å². The molecule has 0 fully saturated rings. The van der Waals surface area contributed by atoms with Crippen molar-refractivity contribution < 1.29 is 18.5 Å². The Morgan fingerprint density at radius 1 is 1.00 bits per heavy atom. The van der Waals surface area contributed by atoms with Crippen LogP contribution >= 0.6 is 0 Å². The summed E-state index contributed by atoms with van der Waals surface area (Å²) in [6.07, 6.45) is 1.50. The van der Waals surface area contributed by atoms with Crippen LogP contribution in [0.15, 0.2) is 69.0 Å². The Morgan fingerprint density at radius 2 is 1.62 bits per heavy atom. The van der Waals surface area contributed by atoms with E-state index in [-0.39, 0.29) is 33.9 Å². The summed E-state index contributed by atoms with van der Waals surface area (Å²) in [4.78, 5) is 12.9. The average molecular weight is 486 g/mol. The second-order valence-electron chi connectivity index (χ2n) is 7.71. The van der Waals surface area contributed by atoms with Gasteiger partial charge in [-0.05, 0) is 38.1 Å². The van der Waals surface area contributed by atoms with Gasteiger partial charge >= 0.3 is 0 Å². The first-order valence-electron chi connectivity index (χ1n) is 10.3. The highest BCUT2D eigenvalue weighted by molar-refractivity contribution is 7.92. The first-order valence-corrected chi connectivity index (χ1v) is 11.9. The fourth-order valence-electron chi connectivity index (χ4n) is 3.13. The molecule has 0 bridgehead atoms. The molecule has 0 saturated heterocycles. The molecule has 0 amide bonds. The van der Waals surface area contributed by atoms with E-state index in [0.717, 1.165) is 5.56 Å². The molecule has 34 heavy (non-hydrogen) atoms. The second kappa shape index (κ2) is 9.02. The molecule has 10 nitrogen and oxygen atoms in total. The minimum Gasteiger partial charge on any atom is -0.414 e. The molecule has 0 saturated carbocycles. The number of amidine groups is 1. The van der Waals surface area contributed by atoms with Crippen molar-refractivity contribution >= 4 is 21.5 Å². The van der Waals surface area contributed by atoms with Crippen LogP contribution in [0.5, 0.6) is 0 Å². The smallest absolute Gasteiger partial charge is 0.270 e. The van der Waals surface area contributed by atoms with E-state index >= 15 is 0 Å². The second-order valence-corrected chi connectivity index (χ2v) is 10.2. The largest absolute Gasteiger partial charge is 0.414 e. The van der Waals surface area contributed by atoms with Gasteiger partial charge in [0.15, 0.2) is 21.3 Å². The van der Waals surface area contributed by atoms with Crippen molar-refractivity contribution in [3.05, 3.63) is 60.3 Å². The minimum atomic E-state index is -3.37. The van der Waals surface area contributed by atoms with Crippen molar-refractivity contribution in [3.63, 3.8) is 0 Å². The molecule has 2 heterocycles. The SMILES string of the molecule is CN=C(N)c1ccc(-c2nnc(-c3nc(-c4ccc(S(=O)(=O)C(C)C)cc4)cnc3N)o2)cc1.[HH].[HH].[HH].[HH]. The average Bonchev–Trinajstić information content (AvgIpc) is 3.34. The van der Waals surface area contributed by atoms with E-state index in [1.807, 2.05) is 0 Å². The number of sulfone groups is 1. The number of rotatable bonds is 6. The number of aromatic nitrogens is 4. The summed E-state index contributed by atoms with van der Waals surface area (Å²) in [6, 6.07) is 13.6. The maximum absolute atomic E-state index is 12.4. The van der Waals surface area contributed by atoms with E-state index in [0.29, 0.717) is 22.7 Å². The summed E-state index contributed by atoms with van der Waals surface area (Å²) >= 11 is 0. The fourth-order valence-corrected chi connectivity index (χ4v) is 4.19. The molecule has 2 aromatic heterocycles. The van der Waals surface area contributed by atoms with E-state index in [1.165, 1.54) is 6.20 Å². The molecule has 2 aromatic carbocycles. The minimum absolute atomic E-state index is 0. The number of benzene rings is 2. The highest BCUT2D eigenvalue weighted by atomic mass is 32.2. The Balaban J connectivity index is 0.00000342. The topological polar surface area (TPSA) is 163 Å². The van der Waals surface area contributed by atoms with Gasteiger partial charge in [0.2, 0.25) is 5.89 Å². The van der Waals surface area contributed by atoms with Crippen LogP contribution in [0.2, 0.25) is 0 Å². The van der Waals surface area contributed by atoms with Gasteiger partial charge in [0.25, 0.3) is 5.89 Å². The zero-order chi connectivity index (χ0) is 24.5. The first-order chi connectivity index (χ1) is 16.2. The number of anilines is 1. The Kier molecular flexibility index (Phi) is 6.12. The molecule has 0 radical (unpaired) electrons. The van der Waals surface area contributed by atoms with Gasteiger partial charge < -0.3 is 15.9 Å². The molecule has 0 aliphatic heterocycles. The lowest BCUT2D eigenvalue weighted by Crippen LogP contribution is -2.13. The number of nitrogens with zero attached hydrogens (tertiary/aromatic N) is 5. The van der Waals surface area contributed by atoms with Crippen LogP contribution < -0.4 is 11.5 Å². The lowest BCUT2D eigenvalue weighted by Gasteiger charge is -2.09. The number of nitrogens with two attached hydrogens (primary N) is 2. The summed E-state index contributed by atoms with van der Waals surface area (Å²) in [5, 5.41) is 7.65. The monoisotopic (exact) mass is 485 g/mol. The van der Waals surface area contributed by atoms with Crippen molar-refractivity contribution in [1.82, 2.24) is 20.2 Å². The number of hydrogen-bond acceptors (Lipinski definition) is 9. The Morgan fingerprint density at radius 3 is 2.24 bits per heavy atom. The summed E-state index contributed by atoms with van der Waals surface area (Å²) in [5.74, 6) is 0.940. The third-order valence-electron chi connectivity index (χ3n) is 5.20. The summed E-state index contributed by atoms with van der Waals surface area (Å²) in [5.41, 5.74) is 14.7. The van der Waals surface area contributed by atoms with Crippen molar-refractivity contribution in [1.29, 1.82) is 0 Å². The zero-order valence-corrected chi connectivity index (χ0v) is 19.6. The van der Waals surface area contributed by atoms with Gasteiger partial charge in [0.1, 0.15) is 5.84 Å². The molecule has 182 valence electrons. The summed E-state index contributed by atoms with van der Waals surface area (Å²) < 4.78 is 30.5. The molecule has 0 atom stereocenters.